The van der Waals surface area contributed by atoms with Crippen molar-refractivity contribution >= 4 is 23.0 Å². The van der Waals surface area contributed by atoms with Gasteiger partial charge in [-0.05, 0) is 52.0 Å². The average Bonchev–Trinajstić information content (AvgIpc) is 3.19. The highest BCUT2D eigenvalue weighted by molar-refractivity contribution is 5.91. The Labute approximate surface area is 146 Å². The number of nitrogens with zero attached hydrogens (tertiary/aromatic N) is 3. The minimum Gasteiger partial charge on any atom is -0.474 e. The van der Waals surface area contributed by atoms with E-state index in [9.17, 15) is 9.90 Å². The molecule has 2 fully saturated rings. The Kier molecular flexibility index (Phi) is 3.91. The van der Waals surface area contributed by atoms with Crippen LogP contribution in [-0.4, -0.2) is 37.3 Å². The third kappa shape index (κ3) is 3.61. The number of aliphatic hydroxyl groups is 1. The highest BCUT2D eigenvalue weighted by Crippen LogP contribution is 2.37. The van der Waals surface area contributed by atoms with Crippen molar-refractivity contribution in [2.24, 2.45) is 0 Å². The smallest absolute Gasteiger partial charge is 0.229 e. The van der Waals surface area contributed by atoms with Crippen LogP contribution in [0.25, 0.3) is 11.2 Å². The molecule has 2 N–H and O–H groups in total. The highest BCUT2D eigenvalue weighted by Gasteiger charge is 2.28. The van der Waals surface area contributed by atoms with Crippen molar-refractivity contribution in [3.05, 3.63) is 12.1 Å². The molecule has 2 aromatic heterocycles. The van der Waals surface area contributed by atoms with Gasteiger partial charge in [-0.25, -0.2) is 4.98 Å². The van der Waals surface area contributed by atoms with Crippen LogP contribution >= 0.6 is 0 Å². The van der Waals surface area contributed by atoms with Crippen LogP contribution in [-0.2, 0) is 4.79 Å². The van der Waals surface area contributed by atoms with E-state index in [2.05, 4.69) is 15.3 Å². The van der Waals surface area contributed by atoms with Gasteiger partial charge in [-0.3, -0.25) is 14.7 Å². The van der Waals surface area contributed by atoms with Crippen LogP contribution in [0.5, 0.6) is 5.88 Å². The Balaban J connectivity index is 1.66. The number of fused-ring (bicyclic) bond motifs is 1. The van der Waals surface area contributed by atoms with Gasteiger partial charge in [0.1, 0.15) is 11.6 Å². The molecule has 25 heavy (non-hydrogen) atoms. The first-order chi connectivity index (χ1) is 11.9. The second-order valence-electron chi connectivity index (χ2n) is 7.74. The molecule has 7 nitrogen and oxygen atoms in total. The third-order valence-corrected chi connectivity index (χ3v) is 4.61. The SMILES string of the molecule is CC(C)(O)CC(=O)Nc1nc2ccc(OC3CC3)nc2n1C1CCC1. The van der Waals surface area contributed by atoms with Crippen molar-refractivity contribution in [3.8, 4) is 5.88 Å². The summed E-state index contributed by atoms with van der Waals surface area (Å²) in [5.41, 5.74) is 0.441. The topological polar surface area (TPSA) is 89.3 Å². The number of hydrogen-bond donors (Lipinski definition) is 2. The first kappa shape index (κ1) is 16.3. The fourth-order valence-corrected chi connectivity index (χ4v) is 3.02. The summed E-state index contributed by atoms with van der Waals surface area (Å²) in [4.78, 5) is 21.4. The number of rotatable bonds is 6. The van der Waals surface area contributed by atoms with Gasteiger partial charge in [-0.2, -0.15) is 4.98 Å². The molecule has 0 aromatic carbocycles. The molecule has 0 saturated heterocycles. The standard InChI is InChI=1S/C18H24N4O3/c1-18(2,24)10-14(23)20-17-19-13-8-9-15(25-12-6-7-12)21-16(13)22(17)11-4-3-5-11/h8-9,11-12,24H,3-7,10H2,1-2H3,(H,19,20,23). The van der Waals surface area contributed by atoms with E-state index >= 15 is 0 Å². The second-order valence-corrected chi connectivity index (χ2v) is 7.74. The lowest BCUT2D eigenvalue weighted by Crippen LogP contribution is -2.29. The summed E-state index contributed by atoms with van der Waals surface area (Å²) < 4.78 is 7.82. The molecule has 7 heteroatoms. The maximum Gasteiger partial charge on any atom is 0.229 e. The predicted octanol–water partition coefficient (Wildman–Crippen LogP) is 2.80. The Bertz CT molecular complexity index is 800. The van der Waals surface area contributed by atoms with Crippen molar-refractivity contribution in [2.75, 3.05) is 5.32 Å². The largest absolute Gasteiger partial charge is 0.474 e. The monoisotopic (exact) mass is 344 g/mol. The molecule has 4 rings (SSSR count). The third-order valence-electron chi connectivity index (χ3n) is 4.61. The number of amides is 1. The number of carbonyl (C=O) groups is 1. The molecule has 0 unspecified atom stereocenters. The van der Waals surface area contributed by atoms with Gasteiger partial charge in [0.15, 0.2) is 5.65 Å². The van der Waals surface area contributed by atoms with E-state index in [0.29, 0.717) is 17.9 Å². The van der Waals surface area contributed by atoms with E-state index in [1.807, 2.05) is 16.7 Å². The van der Waals surface area contributed by atoms with Gasteiger partial charge in [-0.1, -0.05) is 0 Å². The second kappa shape index (κ2) is 5.98. The van der Waals surface area contributed by atoms with Gasteiger partial charge < -0.3 is 9.84 Å². The number of ether oxygens (including phenoxy) is 1. The lowest BCUT2D eigenvalue weighted by molar-refractivity contribution is -0.119. The maximum atomic E-state index is 12.2. The Morgan fingerprint density at radius 3 is 2.68 bits per heavy atom. The van der Waals surface area contributed by atoms with Crippen LogP contribution in [0.15, 0.2) is 12.1 Å². The summed E-state index contributed by atoms with van der Waals surface area (Å²) in [6.45, 7) is 3.23. The molecule has 0 spiro atoms. The summed E-state index contributed by atoms with van der Waals surface area (Å²) in [6, 6.07) is 4.02. The number of imidazole rings is 1. The average molecular weight is 344 g/mol. The molecule has 2 saturated carbocycles. The number of anilines is 1. The van der Waals surface area contributed by atoms with Gasteiger partial charge in [-0.15, -0.1) is 0 Å². The minimum atomic E-state index is -1.05. The minimum absolute atomic E-state index is 0.0182. The van der Waals surface area contributed by atoms with E-state index < -0.39 is 5.60 Å². The van der Waals surface area contributed by atoms with Crippen LogP contribution in [0.1, 0.15) is 58.4 Å². The summed E-state index contributed by atoms with van der Waals surface area (Å²) in [6.07, 6.45) is 5.74. The summed E-state index contributed by atoms with van der Waals surface area (Å²) >= 11 is 0. The van der Waals surface area contributed by atoms with Crippen molar-refractivity contribution in [1.82, 2.24) is 14.5 Å². The van der Waals surface area contributed by atoms with Crippen molar-refractivity contribution in [3.63, 3.8) is 0 Å². The molecular weight excluding hydrogens is 320 g/mol. The molecule has 0 atom stereocenters. The molecular formula is C18H24N4O3. The normalized spacial score (nSPS) is 18.2. The Morgan fingerprint density at radius 2 is 2.08 bits per heavy atom. The molecule has 0 bridgehead atoms. The van der Waals surface area contributed by atoms with Crippen LogP contribution in [0.3, 0.4) is 0 Å². The van der Waals surface area contributed by atoms with E-state index in [1.165, 1.54) is 6.42 Å². The molecule has 134 valence electrons. The van der Waals surface area contributed by atoms with Crippen molar-refractivity contribution < 1.29 is 14.6 Å². The number of pyridine rings is 1. The summed E-state index contributed by atoms with van der Waals surface area (Å²) in [7, 11) is 0. The fourth-order valence-electron chi connectivity index (χ4n) is 3.02. The van der Waals surface area contributed by atoms with Gasteiger partial charge in [0.05, 0.1) is 12.0 Å². The lowest BCUT2D eigenvalue weighted by Gasteiger charge is -2.28. The molecule has 2 heterocycles. The summed E-state index contributed by atoms with van der Waals surface area (Å²) in [5, 5.41) is 12.7. The summed E-state index contributed by atoms with van der Waals surface area (Å²) in [5.74, 6) is 0.868. The molecule has 2 aliphatic rings. The number of aromatic nitrogens is 3. The van der Waals surface area contributed by atoms with Crippen molar-refractivity contribution in [2.45, 2.75) is 70.1 Å². The predicted molar refractivity (Wildman–Crippen MR) is 93.6 cm³/mol. The number of carbonyl (C=O) groups excluding carboxylic acids is 1. The first-order valence-corrected chi connectivity index (χ1v) is 8.97. The quantitative estimate of drug-likeness (QED) is 0.841. The van der Waals surface area contributed by atoms with E-state index in [0.717, 1.165) is 36.8 Å². The van der Waals surface area contributed by atoms with Crippen LogP contribution in [0.2, 0.25) is 0 Å². The van der Waals surface area contributed by atoms with Crippen LogP contribution in [0.4, 0.5) is 5.95 Å². The molecule has 0 radical (unpaired) electrons. The maximum absolute atomic E-state index is 12.2. The zero-order valence-corrected chi connectivity index (χ0v) is 14.7. The van der Waals surface area contributed by atoms with E-state index in [1.54, 1.807) is 13.8 Å². The highest BCUT2D eigenvalue weighted by atomic mass is 16.5. The van der Waals surface area contributed by atoms with Crippen LogP contribution < -0.4 is 10.1 Å². The zero-order chi connectivity index (χ0) is 17.6. The number of hydrogen-bond acceptors (Lipinski definition) is 5. The fraction of sp³-hybridized carbons (Fsp3) is 0.611. The van der Waals surface area contributed by atoms with Gasteiger partial charge >= 0.3 is 0 Å². The zero-order valence-electron chi connectivity index (χ0n) is 14.7. The number of nitrogens with one attached hydrogen (secondary N) is 1. The van der Waals surface area contributed by atoms with Crippen LogP contribution in [0, 0.1) is 0 Å². The van der Waals surface area contributed by atoms with E-state index in [-0.39, 0.29) is 18.4 Å². The lowest BCUT2D eigenvalue weighted by atomic mass is 9.93. The molecule has 2 aliphatic carbocycles. The first-order valence-electron chi connectivity index (χ1n) is 8.97. The molecule has 1 amide bonds. The van der Waals surface area contributed by atoms with Crippen molar-refractivity contribution in [1.29, 1.82) is 0 Å². The van der Waals surface area contributed by atoms with Gasteiger partial charge in [0, 0.05) is 12.1 Å². The Hall–Kier alpha value is -2.15. The molecule has 2 aromatic rings. The van der Waals surface area contributed by atoms with Gasteiger partial charge in [0.2, 0.25) is 17.7 Å². The van der Waals surface area contributed by atoms with E-state index in [4.69, 9.17) is 4.74 Å². The van der Waals surface area contributed by atoms with Gasteiger partial charge in [0.25, 0.3) is 0 Å². The molecule has 0 aliphatic heterocycles. The Morgan fingerprint density at radius 1 is 1.32 bits per heavy atom.